The standard InChI is InChI=1S/C22H22ClN5O2S/c1-3-4-5-8-20-26-27-22(31-20)25-21(29)15(14-24)12-16-7-6-11-28(16)17-9-10-19(30-2)18(23)13-17/h6-7,9-13H,3-5,8H2,1-2H3,(H,25,27,29)/b15-12-. The van der Waals surface area contributed by atoms with E-state index in [2.05, 4.69) is 22.4 Å². The van der Waals surface area contributed by atoms with E-state index in [4.69, 9.17) is 16.3 Å². The Balaban J connectivity index is 1.77. The lowest BCUT2D eigenvalue weighted by Gasteiger charge is -2.10. The minimum atomic E-state index is -0.528. The molecule has 7 nitrogen and oxygen atoms in total. The highest BCUT2D eigenvalue weighted by atomic mass is 35.5. The fourth-order valence-corrected chi connectivity index (χ4v) is 3.97. The van der Waals surface area contributed by atoms with Crippen LogP contribution in [0.5, 0.6) is 5.75 Å². The van der Waals surface area contributed by atoms with Gasteiger partial charge in [0.2, 0.25) is 5.13 Å². The van der Waals surface area contributed by atoms with Crippen LogP contribution in [0.25, 0.3) is 11.8 Å². The van der Waals surface area contributed by atoms with E-state index in [-0.39, 0.29) is 5.57 Å². The third-order valence-corrected chi connectivity index (χ3v) is 5.73. The Morgan fingerprint density at radius 1 is 1.35 bits per heavy atom. The summed E-state index contributed by atoms with van der Waals surface area (Å²) in [5.41, 5.74) is 1.40. The summed E-state index contributed by atoms with van der Waals surface area (Å²) in [7, 11) is 1.55. The molecule has 0 aliphatic heterocycles. The van der Waals surface area contributed by atoms with Gasteiger partial charge in [0.25, 0.3) is 5.91 Å². The zero-order chi connectivity index (χ0) is 22.2. The number of unbranched alkanes of at least 4 members (excludes halogenated alkanes) is 2. The molecule has 0 aliphatic carbocycles. The SMILES string of the molecule is CCCCCc1nnc(NC(=O)/C(C#N)=C\c2cccn2-c2ccc(OC)c(Cl)c2)s1. The Hall–Kier alpha value is -3.15. The Morgan fingerprint density at radius 3 is 2.90 bits per heavy atom. The predicted octanol–water partition coefficient (Wildman–Crippen LogP) is 5.27. The van der Waals surface area contributed by atoms with Crippen molar-refractivity contribution in [1.29, 1.82) is 5.26 Å². The highest BCUT2D eigenvalue weighted by Crippen LogP contribution is 2.28. The van der Waals surface area contributed by atoms with E-state index in [9.17, 15) is 10.1 Å². The zero-order valence-electron chi connectivity index (χ0n) is 17.3. The van der Waals surface area contributed by atoms with Crippen LogP contribution in [0.15, 0.2) is 42.1 Å². The van der Waals surface area contributed by atoms with Gasteiger partial charge in [-0.2, -0.15) is 5.26 Å². The fraction of sp³-hybridized carbons (Fsp3) is 0.273. The molecular formula is C22H22ClN5O2S. The summed E-state index contributed by atoms with van der Waals surface area (Å²) < 4.78 is 7.01. The number of ether oxygens (including phenoxy) is 1. The van der Waals surface area contributed by atoms with Gasteiger partial charge in [-0.3, -0.25) is 10.1 Å². The van der Waals surface area contributed by atoms with Crippen LogP contribution in [0.3, 0.4) is 0 Å². The van der Waals surface area contributed by atoms with Crippen molar-refractivity contribution in [1.82, 2.24) is 14.8 Å². The van der Waals surface area contributed by atoms with Gasteiger partial charge in [0, 0.05) is 24.0 Å². The minimum absolute atomic E-state index is 0.0395. The van der Waals surface area contributed by atoms with E-state index in [0.29, 0.717) is 21.6 Å². The second-order valence-corrected chi connectivity index (χ2v) is 8.17. The molecule has 9 heteroatoms. The molecule has 3 rings (SSSR count). The second-order valence-electron chi connectivity index (χ2n) is 6.70. The summed E-state index contributed by atoms with van der Waals surface area (Å²) in [5.74, 6) is 0.0390. The highest BCUT2D eigenvalue weighted by Gasteiger charge is 2.14. The Kier molecular flexibility index (Phi) is 7.82. The molecule has 0 fully saturated rings. The summed E-state index contributed by atoms with van der Waals surface area (Å²) in [6.07, 6.45) is 7.47. The van der Waals surface area contributed by atoms with Gasteiger partial charge in [0.1, 0.15) is 22.4 Å². The maximum Gasteiger partial charge on any atom is 0.268 e. The monoisotopic (exact) mass is 455 g/mol. The van der Waals surface area contributed by atoms with Crippen molar-refractivity contribution in [2.24, 2.45) is 0 Å². The van der Waals surface area contributed by atoms with Crippen LogP contribution in [-0.2, 0) is 11.2 Å². The van der Waals surface area contributed by atoms with Crippen molar-refractivity contribution < 1.29 is 9.53 Å². The predicted molar refractivity (Wildman–Crippen MR) is 123 cm³/mol. The topological polar surface area (TPSA) is 92.8 Å². The number of nitrogens with zero attached hydrogens (tertiary/aromatic N) is 4. The van der Waals surface area contributed by atoms with Gasteiger partial charge >= 0.3 is 0 Å². The molecule has 3 aromatic rings. The average molecular weight is 456 g/mol. The lowest BCUT2D eigenvalue weighted by molar-refractivity contribution is -0.112. The molecule has 160 valence electrons. The van der Waals surface area contributed by atoms with Crippen LogP contribution in [0.1, 0.15) is 36.9 Å². The first-order valence-corrected chi connectivity index (χ1v) is 11.0. The number of nitriles is 1. The van der Waals surface area contributed by atoms with Crippen molar-refractivity contribution in [2.75, 3.05) is 12.4 Å². The molecule has 1 aromatic carbocycles. The molecule has 31 heavy (non-hydrogen) atoms. The minimum Gasteiger partial charge on any atom is -0.495 e. The number of methoxy groups -OCH3 is 1. The summed E-state index contributed by atoms with van der Waals surface area (Å²) in [6, 6.07) is 11.0. The van der Waals surface area contributed by atoms with Gasteiger partial charge in [0.15, 0.2) is 0 Å². The van der Waals surface area contributed by atoms with Crippen molar-refractivity contribution in [3.05, 3.63) is 57.8 Å². The Morgan fingerprint density at radius 2 is 2.19 bits per heavy atom. The molecule has 0 spiro atoms. The number of hydrogen-bond donors (Lipinski definition) is 1. The highest BCUT2D eigenvalue weighted by molar-refractivity contribution is 7.15. The van der Waals surface area contributed by atoms with Gasteiger partial charge in [-0.25, -0.2) is 0 Å². The maximum atomic E-state index is 12.6. The van der Waals surface area contributed by atoms with Crippen molar-refractivity contribution in [3.8, 4) is 17.5 Å². The van der Waals surface area contributed by atoms with Crippen LogP contribution < -0.4 is 10.1 Å². The van der Waals surface area contributed by atoms with E-state index in [1.54, 1.807) is 25.3 Å². The van der Waals surface area contributed by atoms with Crippen molar-refractivity contribution in [2.45, 2.75) is 32.6 Å². The second kappa shape index (κ2) is 10.8. The van der Waals surface area contributed by atoms with Crippen molar-refractivity contribution in [3.63, 3.8) is 0 Å². The number of rotatable bonds is 9. The van der Waals surface area contributed by atoms with E-state index in [0.717, 1.165) is 36.4 Å². The summed E-state index contributed by atoms with van der Waals surface area (Å²) in [6.45, 7) is 2.14. The number of anilines is 1. The van der Waals surface area contributed by atoms with E-state index < -0.39 is 5.91 Å². The molecule has 0 saturated carbocycles. The van der Waals surface area contributed by atoms with E-state index in [1.165, 1.54) is 17.4 Å². The molecule has 1 N–H and O–H groups in total. The first kappa shape index (κ1) is 22.5. The van der Waals surface area contributed by atoms with Gasteiger partial charge in [-0.05, 0) is 42.8 Å². The number of carbonyl (C=O) groups is 1. The summed E-state index contributed by atoms with van der Waals surface area (Å²) >= 11 is 7.56. The van der Waals surface area contributed by atoms with Gasteiger partial charge in [0.05, 0.1) is 12.1 Å². The van der Waals surface area contributed by atoms with Crippen LogP contribution in [0.2, 0.25) is 5.02 Å². The van der Waals surface area contributed by atoms with Gasteiger partial charge in [-0.1, -0.05) is 42.7 Å². The van der Waals surface area contributed by atoms with Crippen molar-refractivity contribution >= 4 is 40.1 Å². The molecule has 0 bridgehead atoms. The van der Waals surface area contributed by atoms with E-state index >= 15 is 0 Å². The lowest BCUT2D eigenvalue weighted by atomic mass is 10.2. The van der Waals surface area contributed by atoms with Crippen LogP contribution in [0, 0.1) is 11.3 Å². The Labute approximate surface area is 189 Å². The third-order valence-electron chi connectivity index (χ3n) is 4.53. The quantitative estimate of drug-likeness (QED) is 0.269. The molecule has 0 aliphatic rings. The normalized spacial score (nSPS) is 11.2. The maximum absolute atomic E-state index is 12.6. The number of benzene rings is 1. The zero-order valence-corrected chi connectivity index (χ0v) is 18.8. The summed E-state index contributed by atoms with van der Waals surface area (Å²) in [4.78, 5) is 12.6. The number of carbonyl (C=O) groups excluding carboxylic acids is 1. The molecule has 1 amide bonds. The number of amides is 1. The van der Waals surface area contributed by atoms with Gasteiger partial charge < -0.3 is 9.30 Å². The molecule has 2 heterocycles. The number of nitrogens with one attached hydrogen (secondary N) is 1. The number of aryl methyl sites for hydroxylation is 1. The number of aromatic nitrogens is 3. The molecule has 0 unspecified atom stereocenters. The fourth-order valence-electron chi connectivity index (χ4n) is 2.94. The first-order chi connectivity index (χ1) is 15.0. The largest absolute Gasteiger partial charge is 0.495 e. The molecule has 0 radical (unpaired) electrons. The van der Waals surface area contributed by atoms with Crippen LogP contribution in [0.4, 0.5) is 5.13 Å². The number of halogens is 1. The van der Waals surface area contributed by atoms with Gasteiger partial charge in [-0.15, -0.1) is 10.2 Å². The lowest BCUT2D eigenvalue weighted by Crippen LogP contribution is -2.13. The number of hydrogen-bond acceptors (Lipinski definition) is 6. The van der Waals surface area contributed by atoms with Crippen LogP contribution in [-0.4, -0.2) is 27.8 Å². The summed E-state index contributed by atoms with van der Waals surface area (Å²) in [5, 5.41) is 22.0. The first-order valence-electron chi connectivity index (χ1n) is 9.82. The van der Waals surface area contributed by atoms with E-state index in [1.807, 2.05) is 29.0 Å². The molecular weight excluding hydrogens is 434 g/mol. The third kappa shape index (κ3) is 5.72. The Bertz CT molecular complexity index is 1130. The molecule has 0 atom stereocenters. The average Bonchev–Trinajstić information content (AvgIpc) is 3.41. The van der Waals surface area contributed by atoms with Crippen LogP contribution >= 0.6 is 22.9 Å². The molecule has 0 saturated heterocycles. The molecule has 2 aromatic heterocycles. The smallest absolute Gasteiger partial charge is 0.268 e.